The van der Waals surface area contributed by atoms with E-state index < -0.39 is 28.8 Å². The van der Waals surface area contributed by atoms with Crippen LogP contribution in [0.25, 0.3) is 6.08 Å². The summed E-state index contributed by atoms with van der Waals surface area (Å²) < 4.78 is 4.95. The van der Waals surface area contributed by atoms with Gasteiger partial charge in [0, 0.05) is 6.07 Å². The van der Waals surface area contributed by atoms with Crippen molar-refractivity contribution in [2.24, 2.45) is 0 Å². The van der Waals surface area contributed by atoms with Crippen LogP contribution in [0.3, 0.4) is 0 Å². The number of carbonyl (C=O) groups excluding carboxylic acids is 1. The first-order chi connectivity index (χ1) is 11.3. The third kappa shape index (κ3) is 3.46. The highest BCUT2D eigenvalue weighted by molar-refractivity contribution is 6.10. The number of ketones is 1. The van der Waals surface area contributed by atoms with Crippen molar-refractivity contribution in [3.8, 4) is 23.0 Å². The fourth-order valence-electron chi connectivity index (χ4n) is 2.01. The lowest BCUT2D eigenvalue weighted by Crippen LogP contribution is -2.02. The Kier molecular flexibility index (Phi) is 4.74. The van der Waals surface area contributed by atoms with Crippen molar-refractivity contribution >= 4 is 17.8 Å². The smallest absolute Gasteiger partial charge is 0.339 e. The number of carboxylic acid groups (broad SMARTS) is 1. The van der Waals surface area contributed by atoms with Crippen molar-refractivity contribution in [2.45, 2.75) is 0 Å². The number of benzene rings is 2. The monoisotopic (exact) mass is 330 g/mol. The topological polar surface area (TPSA) is 124 Å². The summed E-state index contributed by atoms with van der Waals surface area (Å²) >= 11 is 0. The Balaban J connectivity index is 2.33. The zero-order valence-electron chi connectivity index (χ0n) is 12.6. The summed E-state index contributed by atoms with van der Waals surface area (Å²) in [5.74, 6) is -3.07. The summed E-state index contributed by atoms with van der Waals surface area (Å²) in [6.45, 7) is 0. The Morgan fingerprint density at radius 1 is 0.958 bits per heavy atom. The van der Waals surface area contributed by atoms with Gasteiger partial charge in [-0.2, -0.15) is 0 Å². The van der Waals surface area contributed by atoms with Gasteiger partial charge < -0.3 is 25.2 Å². The molecule has 0 fully saturated rings. The number of methoxy groups -OCH3 is 1. The second-order valence-electron chi connectivity index (χ2n) is 4.82. The Bertz CT molecular complexity index is 837. The number of ether oxygens (including phenoxy) is 1. The molecule has 7 heteroatoms. The molecular weight excluding hydrogens is 316 g/mol. The van der Waals surface area contributed by atoms with Gasteiger partial charge in [0.15, 0.2) is 17.3 Å². The zero-order chi connectivity index (χ0) is 17.9. The molecule has 2 aromatic carbocycles. The van der Waals surface area contributed by atoms with E-state index in [-0.39, 0.29) is 17.1 Å². The molecule has 0 unspecified atom stereocenters. The third-order valence-electron chi connectivity index (χ3n) is 3.24. The van der Waals surface area contributed by atoms with E-state index in [4.69, 9.17) is 9.84 Å². The summed E-state index contributed by atoms with van der Waals surface area (Å²) in [6, 6.07) is 6.13. The number of aromatic carboxylic acids is 1. The van der Waals surface area contributed by atoms with Crippen molar-refractivity contribution in [1.82, 2.24) is 0 Å². The Morgan fingerprint density at radius 3 is 2.25 bits per heavy atom. The minimum absolute atomic E-state index is 0.0525. The molecule has 0 saturated heterocycles. The van der Waals surface area contributed by atoms with Crippen LogP contribution in [-0.4, -0.2) is 39.3 Å². The van der Waals surface area contributed by atoms with Crippen molar-refractivity contribution in [2.75, 3.05) is 7.11 Å². The van der Waals surface area contributed by atoms with Gasteiger partial charge in [0.1, 0.15) is 17.1 Å². The fourth-order valence-corrected chi connectivity index (χ4v) is 2.01. The molecule has 0 bridgehead atoms. The van der Waals surface area contributed by atoms with Gasteiger partial charge >= 0.3 is 5.97 Å². The second-order valence-corrected chi connectivity index (χ2v) is 4.82. The Labute approximate surface area is 136 Å². The van der Waals surface area contributed by atoms with Crippen LogP contribution in [0.4, 0.5) is 0 Å². The molecule has 124 valence electrons. The lowest BCUT2D eigenvalue weighted by Gasteiger charge is -2.05. The van der Waals surface area contributed by atoms with Gasteiger partial charge in [-0.25, -0.2) is 4.79 Å². The molecule has 0 spiro atoms. The van der Waals surface area contributed by atoms with Gasteiger partial charge in [-0.05, 0) is 29.8 Å². The summed E-state index contributed by atoms with van der Waals surface area (Å²) in [7, 11) is 1.38. The van der Waals surface area contributed by atoms with Crippen molar-refractivity contribution < 1.29 is 34.8 Å². The van der Waals surface area contributed by atoms with E-state index in [1.54, 1.807) is 6.07 Å². The van der Waals surface area contributed by atoms with Crippen LogP contribution in [0, 0.1) is 0 Å². The largest absolute Gasteiger partial charge is 0.507 e. The number of aromatic hydroxyl groups is 3. The first kappa shape index (κ1) is 16.9. The van der Waals surface area contributed by atoms with Crippen LogP contribution in [0.15, 0.2) is 36.4 Å². The minimum Gasteiger partial charge on any atom is -0.507 e. The predicted molar refractivity (Wildman–Crippen MR) is 84.8 cm³/mol. The average Bonchev–Trinajstić information content (AvgIpc) is 2.53. The lowest BCUT2D eigenvalue weighted by atomic mass is 10.0. The summed E-state index contributed by atoms with van der Waals surface area (Å²) in [4.78, 5) is 23.1. The predicted octanol–water partition coefficient (Wildman–Crippen LogP) is 2.41. The number of carbonyl (C=O) groups is 2. The molecule has 0 amide bonds. The third-order valence-corrected chi connectivity index (χ3v) is 3.24. The van der Waals surface area contributed by atoms with Crippen LogP contribution in [0.5, 0.6) is 23.0 Å². The fraction of sp³-hybridized carbons (Fsp3) is 0.0588. The van der Waals surface area contributed by atoms with Gasteiger partial charge in [-0.15, -0.1) is 0 Å². The van der Waals surface area contributed by atoms with E-state index in [9.17, 15) is 24.9 Å². The molecule has 0 aliphatic heterocycles. The van der Waals surface area contributed by atoms with Crippen molar-refractivity contribution in [3.05, 3.63) is 53.1 Å². The van der Waals surface area contributed by atoms with Crippen LogP contribution >= 0.6 is 0 Å². The van der Waals surface area contributed by atoms with Gasteiger partial charge in [0.05, 0.1) is 12.7 Å². The summed E-state index contributed by atoms with van der Waals surface area (Å²) in [5.41, 5.74) is -0.197. The number of phenols is 3. The number of carboxylic acids is 1. The first-order valence-corrected chi connectivity index (χ1v) is 6.72. The molecule has 0 aromatic heterocycles. The standard InChI is InChI=1S/C17H14O7/c1-24-16-6-9(3-5-13(16)19)2-4-12(18)10-7-11(17(22)23)15(21)8-14(10)20/h2-8,19-21H,1H3,(H,22,23). The highest BCUT2D eigenvalue weighted by Gasteiger charge is 2.17. The van der Waals surface area contributed by atoms with E-state index in [1.807, 2.05) is 0 Å². The van der Waals surface area contributed by atoms with Crippen LogP contribution in [0.1, 0.15) is 26.3 Å². The molecule has 2 rings (SSSR count). The van der Waals surface area contributed by atoms with Gasteiger partial charge in [0.2, 0.25) is 0 Å². The highest BCUT2D eigenvalue weighted by atomic mass is 16.5. The van der Waals surface area contributed by atoms with Crippen molar-refractivity contribution in [1.29, 1.82) is 0 Å². The molecule has 2 aromatic rings. The summed E-state index contributed by atoms with van der Waals surface area (Å²) in [5, 5.41) is 37.6. The summed E-state index contributed by atoms with van der Waals surface area (Å²) in [6.07, 6.45) is 2.54. The van der Waals surface area contributed by atoms with E-state index in [0.29, 0.717) is 5.56 Å². The maximum atomic E-state index is 12.1. The average molecular weight is 330 g/mol. The maximum Gasteiger partial charge on any atom is 0.339 e. The van der Waals surface area contributed by atoms with E-state index in [1.165, 1.54) is 25.3 Å². The SMILES string of the molecule is COc1cc(C=CC(=O)c2cc(C(=O)O)c(O)cc2O)ccc1O. The maximum absolute atomic E-state index is 12.1. The second kappa shape index (κ2) is 6.74. The van der Waals surface area contributed by atoms with Gasteiger partial charge in [-0.3, -0.25) is 4.79 Å². The quantitative estimate of drug-likeness (QED) is 0.490. The molecule has 4 N–H and O–H groups in total. The Hall–Kier alpha value is -3.48. The normalized spacial score (nSPS) is 10.7. The molecule has 0 saturated carbocycles. The molecule has 0 atom stereocenters. The van der Waals surface area contributed by atoms with Crippen molar-refractivity contribution in [3.63, 3.8) is 0 Å². The molecule has 0 radical (unpaired) electrons. The molecule has 0 aliphatic rings. The van der Waals surface area contributed by atoms with Crippen LogP contribution in [-0.2, 0) is 0 Å². The number of hydrogen-bond donors (Lipinski definition) is 4. The van der Waals surface area contributed by atoms with Gasteiger partial charge in [-0.1, -0.05) is 12.1 Å². The van der Waals surface area contributed by atoms with Crippen LogP contribution < -0.4 is 4.74 Å². The van der Waals surface area contributed by atoms with Crippen LogP contribution in [0.2, 0.25) is 0 Å². The number of allylic oxidation sites excluding steroid dienone is 1. The van der Waals surface area contributed by atoms with Gasteiger partial charge in [0.25, 0.3) is 0 Å². The van der Waals surface area contributed by atoms with E-state index in [2.05, 4.69) is 0 Å². The van der Waals surface area contributed by atoms with E-state index >= 15 is 0 Å². The molecular formula is C17H14O7. The molecule has 7 nitrogen and oxygen atoms in total. The van der Waals surface area contributed by atoms with E-state index in [0.717, 1.165) is 18.2 Å². The first-order valence-electron chi connectivity index (χ1n) is 6.72. The lowest BCUT2D eigenvalue weighted by molar-refractivity contribution is 0.0693. The highest BCUT2D eigenvalue weighted by Crippen LogP contribution is 2.29. The number of phenolic OH excluding ortho intramolecular Hbond substituents is 2. The molecule has 0 heterocycles. The minimum atomic E-state index is -1.42. The molecule has 24 heavy (non-hydrogen) atoms. The number of rotatable bonds is 5. The number of hydrogen-bond acceptors (Lipinski definition) is 6. The Morgan fingerprint density at radius 2 is 1.62 bits per heavy atom. The zero-order valence-corrected chi connectivity index (χ0v) is 12.6. The molecule has 0 aliphatic carbocycles.